The molecule has 3 aromatic heterocycles. The average Bonchev–Trinajstić information content (AvgIpc) is 2.82. The third-order valence-electron chi connectivity index (χ3n) is 2.23. The molecule has 0 spiro atoms. The van der Waals surface area contributed by atoms with Gasteiger partial charge in [-0.05, 0) is 37.9 Å². The van der Waals surface area contributed by atoms with E-state index in [0.717, 1.165) is 19.0 Å². The highest BCUT2D eigenvalue weighted by Gasteiger charge is 2.13. The molecule has 3 heterocycles. The SMILES string of the molecule is Nc1ncnc2nc(-c3cc(Br)sc3Br)[nH]c12. The molecule has 0 aromatic carbocycles. The van der Waals surface area contributed by atoms with Crippen LogP contribution in [0.3, 0.4) is 0 Å². The fraction of sp³-hybridized carbons (Fsp3) is 0. The summed E-state index contributed by atoms with van der Waals surface area (Å²) in [5.74, 6) is 1.13. The summed E-state index contributed by atoms with van der Waals surface area (Å²) in [5.41, 5.74) is 7.96. The lowest BCUT2D eigenvalue weighted by molar-refractivity contribution is 1.21. The number of aromatic amines is 1. The van der Waals surface area contributed by atoms with E-state index < -0.39 is 0 Å². The lowest BCUT2D eigenvalue weighted by atomic mass is 10.3. The van der Waals surface area contributed by atoms with Crippen molar-refractivity contribution in [3.63, 3.8) is 0 Å². The summed E-state index contributed by atoms with van der Waals surface area (Å²) in [6, 6.07) is 1.98. The number of hydrogen-bond donors (Lipinski definition) is 2. The number of thiophene rings is 1. The number of hydrogen-bond acceptors (Lipinski definition) is 5. The Morgan fingerprint density at radius 1 is 1.29 bits per heavy atom. The summed E-state index contributed by atoms with van der Waals surface area (Å²) in [6.07, 6.45) is 1.40. The van der Waals surface area contributed by atoms with Crippen LogP contribution in [0.15, 0.2) is 20.0 Å². The average molecular weight is 375 g/mol. The third-order valence-corrected chi connectivity index (χ3v) is 4.57. The van der Waals surface area contributed by atoms with Crippen LogP contribution < -0.4 is 5.73 Å². The van der Waals surface area contributed by atoms with E-state index in [1.54, 1.807) is 11.3 Å². The van der Waals surface area contributed by atoms with Crippen LogP contribution in [0.4, 0.5) is 5.82 Å². The minimum atomic E-state index is 0.402. The van der Waals surface area contributed by atoms with Crippen LogP contribution in [0.5, 0.6) is 0 Å². The van der Waals surface area contributed by atoms with Crippen molar-refractivity contribution in [3.05, 3.63) is 20.0 Å². The smallest absolute Gasteiger partial charge is 0.183 e. The van der Waals surface area contributed by atoms with Gasteiger partial charge in [0.2, 0.25) is 0 Å². The number of anilines is 1. The van der Waals surface area contributed by atoms with E-state index in [1.807, 2.05) is 6.07 Å². The Kier molecular flexibility index (Phi) is 2.64. The normalized spacial score (nSPS) is 11.2. The maximum absolute atomic E-state index is 5.75. The standard InChI is InChI=1S/C9H5Br2N5S/c10-4-1-3(6(11)17-4)8-15-5-7(12)13-2-14-9(5)16-8/h1-2H,(H3,12,13,14,15,16). The monoisotopic (exact) mass is 373 g/mol. The molecule has 0 aliphatic heterocycles. The van der Waals surface area contributed by atoms with Crippen LogP contribution in [-0.2, 0) is 0 Å². The van der Waals surface area contributed by atoms with Gasteiger partial charge in [-0.15, -0.1) is 11.3 Å². The first-order chi connectivity index (χ1) is 8.15. The molecule has 17 heavy (non-hydrogen) atoms. The van der Waals surface area contributed by atoms with E-state index in [4.69, 9.17) is 5.73 Å². The molecule has 0 atom stereocenters. The van der Waals surface area contributed by atoms with Crippen LogP contribution in [0.25, 0.3) is 22.6 Å². The van der Waals surface area contributed by atoms with Crippen LogP contribution in [-0.4, -0.2) is 19.9 Å². The van der Waals surface area contributed by atoms with Gasteiger partial charge in [0.1, 0.15) is 17.7 Å². The zero-order valence-corrected chi connectivity index (χ0v) is 12.2. The third kappa shape index (κ3) is 1.85. The summed E-state index contributed by atoms with van der Waals surface area (Å²) < 4.78 is 2.02. The summed E-state index contributed by atoms with van der Waals surface area (Å²) in [5, 5.41) is 0. The summed E-state index contributed by atoms with van der Waals surface area (Å²) in [6.45, 7) is 0. The van der Waals surface area contributed by atoms with Gasteiger partial charge >= 0.3 is 0 Å². The number of halogens is 2. The Hall–Kier alpha value is -0.990. The van der Waals surface area contributed by atoms with Gasteiger partial charge in [-0.1, -0.05) is 0 Å². The highest BCUT2D eigenvalue weighted by molar-refractivity contribution is 9.12. The predicted molar refractivity (Wildman–Crippen MR) is 74.8 cm³/mol. The maximum atomic E-state index is 5.75. The second-order valence-corrected chi connectivity index (χ2v) is 7.03. The number of nitrogens with zero attached hydrogens (tertiary/aromatic N) is 3. The first-order valence-corrected chi connectivity index (χ1v) is 6.97. The molecule has 0 amide bonds. The molecule has 0 aliphatic carbocycles. The molecule has 86 valence electrons. The molecule has 0 saturated carbocycles. The molecular weight excluding hydrogens is 370 g/mol. The van der Waals surface area contributed by atoms with Crippen molar-refractivity contribution < 1.29 is 0 Å². The largest absolute Gasteiger partial charge is 0.382 e. The number of rotatable bonds is 1. The van der Waals surface area contributed by atoms with E-state index in [9.17, 15) is 0 Å². The molecule has 0 fully saturated rings. The summed E-state index contributed by atoms with van der Waals surface area (Å²) >= 11 is 8.51. The van der Waals surface area contributed by atoms with E-state index in [0.29, 0.717) is 17.0 Å². The van der Waals surface area contributed by atoms with Gasteiger partial charge in [0.05, 0.1) is 7.57 Å². The lowest BCUT2D eigenvalue weighted by Gasteiger charge is -1.91. The quantitative estimate of drug-likeness (QED) is 0.685. The Morgan fingerprint density at radius 3 is 2.76 bits per heavy atom. The number of imidazole rings is 1. The lowest BCUT2D eigenvalue weighted by Crippen LogP contribution is -1.91. The molecule has 5 nitrogen and oxygen atoms in total. The highest BCUT2D eigenvalue weighted by atomic mass is 79.9. The first kappa shape index (κ1) is 11.1. The molecule has 3 aromatic rings. The van der Waals surface area contributed by atoms with Gasteiger partial charge < -0.3 is 10.7 Å². The number of nitrogens with two attached hydrogens (primary N) is 1. The zero-order valence-electron chi connectivity index (χ0n) is 8.24. The highest BCUT2D eigenvalue weighted by Crippen LogP contribution is 2.37. The van der Waals surface area contributed by atoms with E-state index in [2.05, 4.69) is 51.8 Å². The molecule has 0 bridgehead atoms. The van der Waals surface area contributed by atoms with Crippen molar-refractivity contribution in [1.82, 2.24) is 19.9 Å². The topological polar surface area (TPSA) is 80.5 Å². The van der Waals surface area contributed by atoms with Gasteiger partial charge in [-0.2, -0.15) is 0 Å². The van der Waals surface area contributed by atoms with Gasteiger partial charge in [0.25, 0.3) is 0 Å². The van der Waals surface area contributed by atoms with Crippen molar-refractivity contribution in [3.8, 4) is 11.4 Å². The van der Waals surface area contributed by atoms with Crippen LogP contribution in [0, 0.1) is 0 Å². The van der Waals surface area contributed by atoms with Gasteiger partial charge in [-0.3, -0.25) is 0 Å². The van der Waals surface area contributed by atoms with Gasteiger partial charge in [-0.25, -0.2) is 15.0 Å². The predicted octanol–water partition coefficient (Wildman–Crippen LogP) is 3.19. The molecule has 0 unspecified atom stereocenters. The Morgan fingerprint density at radius 2 is 2.12 bits per heavy atom. The van der Waals surface area contributed by atoms with Crippen molar-refractivity contribution in [2.45, 2.75) is 0 Å². The number of H-pyrrole nitrogens is 1. The van der Waals surface area contributed by atoms with Crippen molar-refractivity contribution in [1.29, 1.82) is 0 Å². The molecule has 8 heteroatoms. The summed E-state index contributed by atoms with van der Waals surface area (Å²) in [4.78, 5) is 15.5. The Balaban J connectivity index is 2.25. The molecule has 0 saturated heterocycles. The minimum absolute atomic E-state index is 0.402. The van der Waals surface area contributed by atoms with Crippen LogP contribution >= 0.6 is 43.2 Å². The fourth-order valence-electron chi connectivity index (χ4n) is 1.48. The number of aromatic nitrogens is 4. The van der Waals surface area contributed by atoms with E-state index >= 15 is 0 Å². The fourth-order valence-corrected chi connectivity index (χ4v) is 4.28. The molecule has 3 N–H and O–H groups in total. The van der Waals surface area contributed by atoms with E-state index in [-0.39, 0.29) is 0 Å². The van der Waals surface area contributed by atoms with Crippen molar-refractivity contribution >= 4 is 60.2 Å². The van der Waals surface area contributed by atoms with Crippen molar-refractivity contribution in [2.24, 2.45) is 0 Å². The van der Waals surface area contributed by atoms with E-state index in [1.165, 1.54) is 6.33 Å². The number of nitrogen functional groups attached to an aromatic ring is 1. The molecule has 0 aliphatic rings. The van der Waals surface area contributed by atoms with Crippen LogP contribution in [0.1, 0.15) is 0 Å². The number of nitrogens with one attached hydrogen (secondary N) is 1. The maximum Gasteiger partial charge on any atom is 0.183 e. The minimum Gasteiger partial charge on any atom is -0.382 e. The van der Waals surface area contributed by atoms with Crippen LogP contribution in [0.2, 0.25) is 0 Å². The Bertz CT molecular complexity index is 705. The molecule has 3 rings (SSSR count). The van der Waals surface area contributed by atoms with Gasteiger partial charge in [0.15, 0.2) is 11.5 Å². The first-order valence-electron chi connectivity index (χ1n) is 4.56. The second-order valence-electron chi connectivity index (χ2n) is 3.28. The Labute approximate surface area is 117 Å². The summed E-state index contributed by atoms with van der Waals surface area (Å²) in [7, 11) is 0. The molecular formula is C9H5Br2N5S. The van der Waals surface area contributed by atoms with Crippen molar-refractivity contribution in [2.75, 3.05) is 5.73 Å². The van der Waals surface area contributed by atoms with Gasteiger partial charge in [0, 0.05) is 5.56 Å². The second kappa shape index (κ2) is 4.04. The molecule has 0 radical (unpaired) electrons. The zero-order chi connectivity index (χ0) is 12.0. The number of fused-ring (bicyclic) bond motifs is 1.